The molecule has 8 heteroatoms. The fraction of sp³-hybridized carbons (Fsp3) is 0.857. The fourth-order valence-electron chi connectivity index (χ4n) is 5.43. The van der Waals surface area contributed by atoms with Crippen molar-refractivity contribution < 1.29 is 14.7 Å². The molecule has 3 N–H and O–H groups in total. The van der Waals surface area contributed by atoms with E-state index in [0.717, 1.165) is 51.6 Å². The van der Waals surface area contributed by atoms with Gasteiger partial charge in [-0.25, -0.2) is 0 Å². The zero-order chi connectivity index (χ0) is 20.6. The Labute approximate surface area is 172 Å². The first-order chi connectivity index (χ1) is 13.9. The van der Waals surface area contributed by atoms with Gasteiger partial charge in [-0.3, -0.25) is 19.8 Å². The number of likely N-dealkylation sites (tertiary alicyclic amines) is 2. The highest BCUT2D eigenvalue weighted by atomic mass is 16.3. The van der Waals surface area contributed by atoms with E-state index in [0.29, 0.717) is 25.3 Å². The van der Waals surface area contributed by atoms with Crippen LogP contribution in [0.2, 0.25) is 0 Å². The van der Waals surface area contributed by atoms with Gasteiger partial charge in [0.1, 0.15) is 23.9 Å². The van der Waals surface area contributed by atoms with Crippen LogP contribution in [-0.2, 0) is 9.59 Å². The standard InChI is InChI=1S/C21H33N5O3/c1-25-9-2-6-21(25)7-10-26(20(21)29)17(11-14-3-4-14)19(28)24-16(13-22)12-15-5-8-23-18(15)27/h14-18,23,27H,2-12H2,1H3,(H,24,28)/t15-,16-,17+,18?,21?/m0/s1. The first-order valence-electron chi connectivity index (χ1n) is 11.1. The predicted octanol–water partition coefficient (Wildman–Crippen LogP) is 0.178. The number of aliphatic hydroxyl groups is 1. The maximum absolute atomic E-state index is 13.4. The summed E-state index contributed by atoms with van der Waals surface area (Å²) in [6.45, 7) is 2.25. The molecule has 1 spiro atoms. The summed E-state index contributed by atoms with van der Waals surface area (Å²) in [4.78, 5) is 30.5. The molecule has 1 saturated carbocycles. The summed E-state index contributed by atoms with van der Waals surface area (Å²) in [6, 6.07) is 1.04. The lowest BCUT2D eigenvalue weighted by Gasteiger charge is -2.33. The fourth-order valence-corrected chi connectivity index (χ4v) is 5.43. The molecule has 2 amide bonds. The highest BCUT2D eigenvalue weighted by Gasteiger charge is 2.54. The second kappa shape index (κ2) is 8.21. The average molecular weight is 404 g/mol. The number of carbonyl (C=O) groups is 2. The lowest BCUT2D eigenvalue weighted by molar-refractivity contribution is -0.143. The number of rotatable bonds is 7. The largest absolute Gasteiger partial charge is 0.378 e. The second-order valence-corrected chi connectivity index (χ2v) is 9.37. The Morgan fingerprint density at radius 1 is 1.34 bits per heavy atom. The minimum atomic E-state index is -0.649. The Morgan fingerprint density at radius 3 is 2.72 bits per heavy atom. The molecule has 0 radical (unpaired) electrons. The van der Waals surface area contributed by atoms with Crippen molar-refractivity contribution in [2.24, 2.45) is 11.8 Å². The minimum Gasteiger partial charge on any atom is -0.378 e. The maximum atomic E-state index is 13.4. The molecule has 4 rings (SSSR count). The van der Waals surface area contributed by atoms with Crippen molar-refractivity contribution in [3.63, 3.8) is 0 Å². The third-order valence-corrected chi connectivity index (χ3v) is 7.50. The number of hydrogen-bond acceptors (Lipinski definition) is 6. The van der Waals surface area contributed by atoms with E-state index in [-0.39, 0.29) is 17.7 Å². The van der Waals surface area contributed by atoms with E-state index in [9.17, 15) is 20.0 Å². The zero-order valence-electron chi connectivity index (χ0n) is 17.3. The van der Waals surface area contributed by atoms with E-state index in [1.807, 2.05) is 7.05 Å². The molecule has 2 unspecified atom stereocenters. The zero-order valence-corrected chi connectivity index (χ0v) is 17.3. The minimum absolute atomic E-state index is 0.0364. The molecule has 0 aromatic carbocycles. The lowest BCUT2D eigenvalue weighted by atomic mass is 9.94. The van der Waals surface area contributed by atoms with Gasteiger partial charge in [0.2, 0.25) is 11.8 Å². The molecule has 5 atom stereocenters. The Balaban J connectivity index is 1.44. The highest BCUT2D eigenvalue weighted by Crippen LogP contribution is 2.41. The van der Waals surface area contributed by atoms with Gasteiger partial charge >= 0.3 is 0 Å². The number of nitrogens with one attached hydrogen (secondary N) is 2. The number of hydrogen-bond donors (Lipinski definition) is 3. The van der Waals surface area contributed by atoms with Crippen molar-refractivity contribution in [3.05, 3.63) is 0 Å². The monoisotopic (exact) mass is 403 g/mol. The average Bonchev–Trinajstić information content (AvgIpc) is 3.19. The van der Waals surface area contributed by atoms with Gasteiger partial charge in [0.05, 0.1) is 6.07 Å². The van der Waals surface area contributed by atoms with E-state index < -0.39 is 23.9 Å². The summed E-state index contributed by atoms with van der Waals surface area (Å²) in [7, 11) is 2.01. The van der Waals surface area contributed by atoms with E-state index >= 15 is 0 Å². The summed E-state index contributed by atoms with van der Waals surface area (Å²) in [5.41, 5.74) is -0.434. The molecule has 3 saturated heterocycles. The molecule has 3 heterocycles. The van der Waals surface area contributed by atoms with Crippen molar-refractivity contribution in [2.45, 2.75) is 75.2 Å². The van der Waals surface area contributed by atoms with Gasteiger partial charge in [-0.05, 0) is 64.6 Å². The summed E-state index contributed by atoms with van der Waals surface area (Å²) in [5, 5.41) is 25.4. The van der Waals surface area contributed by atoms with Crippen LogP contribution in [0.4, 0.5) is 0 Å². The predicted molar refractivity (Wildman–Crippen MR) is 106 cm³/mol. The molecular formula is C21H33N5O3. The molecular weight excluding hydrogens is 370 g/mol. The molecule has 1 aliphatic carbocycles. The van der Waals surface area contributed by atoms with E-state index in [1.54, 1.807) is 4.90 Å². The number of likely N-dealkylation sites (N-methyl/N-ethyl adjacent to an activating group) is 1. The van der Waals surface area contributed by atoms with Crippen molar-refractivity contribution in [2.75, 3.05) is 26.7 Å². The Kier molecular flexibility index (Phi) is 5.83. The third kappa shape index (κ3) is 4.00. The van der Waals surface area contributed by atoms with Crippen LogP contribution in [0.1, 0.15) is 51.4 Å². The van der Waals surface area contributed by atoms with Crippen LogP contribution in [0.25, 0.3) is 0 Å². The Hall–Kier alpha value is -1.69. The van der Waals surface area contributed by atoms with Crippen LogP contribution >= 0.6 is 0 Å². The van der Waals surface area contributed by atoms with Crippen LogP contribution < -0.4 is 10.6 Å². The SMILES string of the molecule is CN1CCCC12CCN([C@H](CC1CC1)C(=O)N[C@H](C#N)C[C@@H]1CCNC1O)C2=O. The number of amides is 2. The van der Waals surface area contributed by atoms with Crippen LogP contribution in [0, 0.1) is 23.2 Å². The highest BCUT2D eigenvalue weighted by molar-refractivity contribution is 5.94. The van der Waals surface area contributed by atoms with Gasteiger partial charge in [0.25, 0.3) is 0 Å². The quantitative estimate of drug-likeness (QED) is 0.560. The van der Waals surface area contributed by atoms with Gasteiger partial charge in [0, 0.05) is 12.5 Å². The Morgan fingerprint density at radius 2 is 2.14 bits per heavy atom. The first kappa shape index (κ1) is 20.6. The molecule has 8 nitrogen and oxygen atoms in total. The summed E-state index contributed by atoms with van der Waals surface area (Å²) in [5.74, 6) is 0.334. The van der Waals surface area contributed by atoms with Gasteiger partial charge in [0.15, 0.2) is 0 Å². The second-order valence-electron chi connectivity index (χ2n) is 9.37. The normalized spacial score (nSPS) is 34.5. The number of nitrogens with zero attached hydrogens (tertiary/aromatic N) is 3. The van der Waals surface area contributed by atoms with Gasteiger partial charge in [-0.2, -0.15) is 5.26 Å². The van der Waals surface area contributed by atoms with Crippen LogP contribution in [-0.4, -0.2) is 77.3 Å². The van der Waals surface area contributed by atoms with E-state index in [1.165, 1.54) is 0 Å². The topological polar surface area (TPSA) is 109 Å². The lowest BCUT2D eigenvalue weighted by Crippen LogP contribution is -2.55. The van der Waals surface area contributed by atoms with Crippen molar-refractivity contribution in [1.29, 1.82) is 5.26 Å². The van der Waals surface area contributed by atoms with Gasteiger partial charge in [-0.1, -0.05) is 12.8 Å². The summed E-state index contributed by atoms with van der Waals surface area (Å²) in [6.07, 6.45) is 6.16. The van der Waals surface area contributed by atoms with Crippen molar-refractivity contribution in [3.8, 4) is 6.07 Å². The van der Waals surface area contributed by atoms with Gasteiger partial charge in [-0.15, -0.1) is 0 Å². The molecule has 0 bridgehead atoms. The maximum Gasteiger partial charge on any atom is 0.243 e. The van der Waals surface area contributed by atoms with E-state index in [2.05, 4.69) is 21.6 Å². The number of nitriles is 1. The Bertz CT molecular complexity index is 690. The molecule has 29 heavy (non-hydrogen) atoms. The molecule has 4 fully saturated rings. The number of aliphatic hydroxyl groups excluding tert-OH is 1. The smallest absolute Gasteiger partial charge is 0.243 e. The molecule has 0 aromatic rings. The molecule has 0 aromatic heterocycles. The van der Waals surface area contributed by atoms with E-state index in [4.69, 9.17) is 0 Å². The molecule has 160 valence electrons. The molecule has 3 aliphatic heterocycles. The van der Waals surface area contributed by atoms with Crippen LogP contribution in [0.15, 0.2) is 0 Å². The van der Waals surface area contributed by atoms with Crippen molar-refractivity contribution in [1.82, 2.24) is 20.4 Å². The third-order valence-electron chi connectivity index (χ3n) is 7.50. The van der Waals surface area contributed by atoms with Crippen LogP contribution in [0.5, 0.6) is 0 Å². The van der Waals surface area contributed by atoms with Crippen molar-refractivity contribution >= 4 is 11.8 Å². The van der Waals surface area contributed by atoms with Gasteiger partial charge < -0.3 is 15.3 Å². The number of carbonyl (C=O) groups excluding carboxylic acids is 2. The summed E-state index contributed by atoms with van der Waals surface area (Å²) < 4.78 is 0. The molecule has 4 aliphatic rings. The van der Waals surface area contributed by atoms with Crippen LogP contribution in [0.3, 0.4) is 0 Å². The first-order valence-corrected chi connectivity index (χ1v) is 11.1. The summed E-state index contributed by atoms with van der Waals surface area (Å²) >= 11 is 0.